The van der Waals surface area contributed by atoms with Crippen LogP contribution in [0.4, 0.5) is 4.39 Å². The third-order valence-electron chi connectivity index (χ3n) is 1.79. The maximum Gasteiger partial charge on any atom is 0.131 e. The quantitative estimate of drug-likeness (QED) is 0.585. The van der Waals surface area contributed by atoms with Crippen molar-refractivity contribution in [3.05, 3.63) is 28.9 Å². The lowest BCUT2D eigenvalue weighted by atomic mass is 10.2. The van der Waals surface area contributed by atoms with Crippen molar-refractivity contribution < 1.29 is 4.39 Å². The van der Waals surface area contributed by atoms with Crippen LogP contribution in [0.3, 0.4) is 0 Å². The number of fused-ring (bicyclic) bond motifs is 1. The van der Waals surface area contributed by atoms with E-state index in [4.69, 9.17) is 0 Å². The second-order valence-corrected chi connectivity index (χ2v) is 4.83. The summed E-state index contributed by atoms with van der Waals surface area (Å²) in [5.74, 6) is -0.170. The highest BCUT2D eigenvalue weighted by Gasteiger charge is 2.07. The van der Waals surface area contributed by atoms with Crippen molar-refractivity contribution in [1.82, 2.24) is 0 Å². The first-order valence-corrected chi connectivity index (χ1v) is 6.06. The molecule has 0 saturated carbocycles. The van der Waals surface area contributed by atoms with Gasteiger partial charge in [-0.15, -0.1) is 24.0 Å². The molecule has 0 atom stereocenters. The Morgan fingerprint density at radius 2 is 2.23 bits per heavy atom. The Kier molecular flexibility index (Phi) is 2.62. The Bertz CT molecular complexity index is 411. The first-order valence-electron chi connectivity index (χ1n) is 3.68. The fourth-order valence-electron chi connectivity index (χ4n) is 1.19. The van der Waals surface area contributed by atoms with Crippen LogP contribution in [-0.4, -0.2) is 0 Å². The van der Waals surface area contributed by atoms with Gasteiger partial charge in [0.2, 0.25) is 0 Å². The lowest BCUT2D eigenvalue weighted by molar-refractivity contribution is 0.639. The number of rotatable bonds is 1. The molecule has 2 rings (SSSR count). The first kappa shape index (κ1) is 9.49. The maximum atomic E-state index is 13.3. The summed E-state index contributed by atoms with van der Waals surface area (Å²) in [5.41, 5.74) is 0. The fraction of sp³-hybridized carbons (Fsp3) is 0.111. The molecule has 0 spiro atoms. The minimum absolute atomic E-state index is 0.170. The number of thiol groups is 1. The zero-order chi connectivity index (χ0) is 9.42. The summed E-state index contributed by atoms with van der Waals surface area (Å²) in [7, 11) is 0. The first-order chi connectivity index (χ1) is 6.22. The van der Waals surface area contributed by atoms with Crippen LogP contribution in [0.1, 0.15) is 4.88 Å². The minimum atomic E-state index is -0.170. The molecule has 0 bridgehead atoms. The van der Waals surface area contributed by atoms with Crippen molar-refractivity contribution in [3.8, 4) is 0 Å². The van der Waals surface area contributed by atoms with Crippen LogP contribution in [-0.2, 0) is 5.33 Å². The molecular formula is C9H6BrFS2. The molecule has 0 amide bonds. The minimum Gasteiger partial charge on any atom is -0.206 e. The summed E-state index contributed by atoms with van der Waals surface area (Å²) in [6.45, 7) is 0. The summed E-state index contributed by atoms with van der Waals surface area (Å²) in [5, 5.41) is 1.44. The monoisotopic (exact) mass is 276 g/mol. The highest BCUT2D eigenvalue weighted by Crippen LogP contribution is 2.33. The van der Waals surface area contributed by atoms with Gasteiger partial charge in [-0.1, -0.05) is 15.9 Å². The van der Waals surface area contributed by atoms with Crippen LogP contribution >= 0.6 is 39.9 Å². The molecule has 0 aliphatic rings. The van der Waals surface area contributed by atoms with E-state index in [9.17, 15) is 4.39 Å². The third-order valence-corrected chi connectivity index (χ3v) is 4.46. The summed E-state index contributed by atoms with van der Waals surface area (Å²) in [6, 6.07) is 5.01. The summed E-state index contributed by atoms with van der Waals surface area (Å²) in [4.78, 5) is 1.96. The maximum absolute atomic E-state index is 13.3. The Hall–Kier alpha value is -0.0600. The van der Waals surface area contributed by atoms with Gasteiger partial charge in [-0.3, -0.25) is 0 Å². The van der Waals surface area contributed by atoms with Crippen molar-refractivity contribution in [2.75, 3.05) is 0 Å². The van der Waals surface area contributed by atoms with Crippen molar-refractivity contribution in [1.29, 1.82) is 0 Å². The van der Waals surface area contributed by atoms with E-state index < -0.39 is 0 Å². The van der Waals surface area contributed by atoms with Gasteiger partial charge in [0.15, 0.2) is 0 Å². The van der Waals surface area contributed by atoms with Crippen LogP contribution in [0, 0.1) is 5.82 Å². The molecule has 0 nitrogen and oxygen atoms in total. The van der Waals surface area contributed by atoms with Gasteiger partial charge in [-0.25, -0.2) is 4.39 Å². The molecule has 1 aromatic heterocycles. The number of alkyl halides is 1. The van der Waals surface area contributed by atoms with E-state index in [1.807, 2.05) is 6.07 Å². The van der Waals surface area contributed by atoms with Crippen LogP contribution < -0.4 is 0 Å². The van der Waals surface area contributed by atoms with Crippen molar-refractivity contribution in [3.63, 3.8) is 0 Å². The largest absolute Gasteiger partial charge is 0.206 e. The molecule has 4 heteroatoms. The average molecular weight is 277 g/mol. The molecule has 0 radical (unpaired) electrons. The van der Waals surface area contributed by atoms with Crippen LogP contribution in [0.15, 0.2) is 23.1 Å². The summed E-state index contributed by atoms with van der Waals surface area (Å²) < 4.78 is 14.2. The highest BCUT2D eigenvalue weighted by molar-refractivity contribution is 9.08. The number of hydrogen-bond donors (Lipinski definition) is 1. The molecule has 0 aliphatic carbocycles. The molecule has 0 aliphatic heterocycles. The average Bonchev–Trinajstić information content (AvgIpc) is 2.56. The highest BCUT2D eigenvalue weighted by atomic mass is 79.9. The molecule has 13 heavy (non-hydrogen) atoms. The van der Waals surface area contributed by atoms with Gasteiger partial charge in [-0.2, -0.15) is 0 Å². The number of thiophene rings is 1. The Labute approximate surface area is 93.3 Å². The molecule has 0 saturated heterocycles. The standard InChI is InChI=1S/C9H6BrFS2/c10-4-5-3-6-7(11)1-2-8(12)9(6)13-5/h1-3,12H,4H2. The molecule has 1 aromatic carbocycles. The summed E-state index contributed by atoms with van der Waals surface area (Å²) in [6.07, 6.45) is 0. The van der Waals surface area contributed by atoms with Crippen LogP contribution in [0.25, 0.3) is 10.1 Å². The van der Waals surface area contributed by atoms with Crippen molar-refractivity contribution >= 4 is 50.0 Å². The van der Waals surface area contributed by atoms with Gasteiger partial charge in [0, 0.05) is 20.5 Å². The smallest absolute Gasteiger partial charge is 0.131 e. The van der Waals surface area contributed by atoms with Gasteiger partial charge in [-0.05, 0) is 18.2 Å². The number of halogens is 2. The Morgan fingerprint density at radius 1 is 1.46 bits per heavy atom. The zero-order valence-electron chi connectivity index (χ0n) is 6.55. The molecule has 0 unspecified atom stereocenters. The normalized spacial score (nSPS) is 11.0. The van der Waals surface area contributed by atoms with E-state index in [1.165, 1.54) is 6.07 Å². The van der Waals surface area contributed by atoms with E-state index in [1.54, 1.807) is 17.4 Å². The molecule has 2 aromatic rings. The molecule has 0 fully saturated rings. The lowest BCUT2D eigenvalue weighted by Crippen LogP contribution is -1.74. The van der Waals surface area contributed by atoms with Crippen molar-refractivity contribution in [2.24, 2.45) is 0 Å². The predicted octanol–water partition coefficient (Wildman–Crippen LogP) is 4.22. The van der Waals surface area contributed by atoms with Gasteiger partial charge >= 0.3 is 0 Å². The summed E-state index contributed by atoms with van der Waals surface area (Å²) >= 11 is 9.20. The zero-order valence-corrected chi connectivity index (χ0v) is 9.85. The van der Waals surface area contributed by atoms with E-state index in [2.05, 4.69) is 28.6 Å². The molecule has 1 heterocycles. The third kappa shape index (κ3) is 1.63. The number of hydrogen-bond acceptors (Lipinski definition) is 2. The second-order valence-electron chi connectivity index (χ2n) is 2.66. The van der Waals surface area contributed by atoms with Gasteiger partial charge < -0.3 is 0 Å². The molecular weight excluding hydrogens is 271 g/mol. The van der Waals surface area contributed by atoms with E-state index in [0.717, 1.165) is 19.8 Å². The topological polar surface area (TPSA) is 0 Å². The fourth-order valence-corrected chi connectivity index (χ4v) is 2.96. The van der Waals surface area contributed by atoms with Gasteiger partial charge in [0.25, 0.3) is 0 Å². The lowest BCUT2D eigenvalue weighted by Gasteiger charge is -1.94. The van der Waals surface area contributed by atoms with Crippen LogP contribution in [0.5, 0.6) is 0 Å². The second kappa shape index (κ2) is 3.59. The van der Waals surface area contributed by atoms with E-state index in [-0.39, 0.29) is 5.82 Å². The predicted molar refractivity (Wildman–Crippen MR) is 61.7 cm³/mol. The molecule has 0 N–H and O–H groups in total. The van der Waals surface area contributed by atoms with Crippen molar-refractivity contribution in [2.45, 2.75) is 10.2 Å². The SMILES string of the molecule is Fc1ccc(S)c2sc(CBr)cc12. The van der Waals surface area contributed by atoms with Gasteiger partial charge in [0.05, 0.1) is 4.70 Å². The Balaban J connectivity index is 2.80. The van der Waals surface area contributed by atoms with Gasteiger partial charge in [0.1, 0.15) is 5.82 Å². The van der Waals surface area contributed by atoms with E-state index in [0.29, 0.717) is 5.39 Å². The number of benzene rings is 1. The van der Waals surface area contributed by atoms with E-state index >= 15 is 0 Å². The Morgan fingerprint density at radius 3 is 2.85 bits per heavy atom. The molecule has 68 valence electrons. The van der Waals surface area contributed by atoms with Crippen LogP contribution in [0.2, 0.25) is 0 Å².